The number of likely N-dealkylation sites (N-methyl/N-ethyl adjacent to an activating group) is 1. The zero-order valence-corrected chi connectivity index (χ0v) is 11.4. The van der Waals surface area contributed by atoms with Crippen molar-refractivity contribution >= 4 is 0 Å². The Morgan fingerprint density at radius 1 is 1.24 bits per heavy atom. The molecule has 4 nitrogen and oxygen atoms in total. The Hall–Kier alpha value is -1.03. The minimum absolute atomic E-state index is 0.0960. The number of aromatic nitrogens is 2. The van der Waals surface area contributed by atoms with Crippen molar-refractivity contribution in [3.63, 3.8) is 0 Å². The van der Waals surface area contributed by atoms with Crippen LogP contribution in [0.2, 0.25) is 0 Å². The molecule has 4 heteroatoms. The van der Waals surface area contributed by atoms with Crippen molar-refractivity contribution in [3.05, 3.63) is 22.9 Å². The Labute approximate surface area is 104 Å². The standard InChI is InChI=1S/C13H25N3O/c1-5-11(4)12(14-6-2)10-16-9-8-15(7-3)13(16)17/h8-9,11-12,14H,5-7,10H2,1-4H3. The molecule has 1 rings (SSSR count). The highest BCUT2D eigenvalue weighted by atomic mass is 16.1. The van der Waals surface area contributed by atoms with Crippen molar-refractivity contribution in [1.82, 2.24) is 14.5 Å². The third kappa shape index (κ3) is 3.46. The second-order valence-corrected chi connectivity index (χ2v) is 4.57. The fraction of sp³-hybridized carbons (Fsp3) is 0.769. The van der Waals surface area contributed by atoms with Gasteiger partial charge in [0.05, 0.1) is 0 Å². The topological polar surface area (TPSA) is 39.0 Å². The summed E-state index contributed by atoms with van der Waals surface area (Å²) < 4.78 is 3.54. The zero-order valence-electron chi connectivity index (χ0n) is 11.4. The van der Waals surface area contributed by atoms with E-state index in [0.29, 0.717) is 12.0 Å². The molecule has 0 saturated heterocycles. The van der Waals surface area contributed by atoms with Gasteiger partial charge < -0.3 is 5.32 Å². The van der Waals surface area contributed by atoms with E-state index in [1.807, 2.05) is 23.9 Å². The third-order valence-electron chi connectivity index (χ3n) is 3.45. The molecule has 0 aliphatic heterocycles. The molecule has 0 aliphatic carbocycles. The van der Waals surface area contributed by atoms with Crippen LogP contribution in [0.5, 0.6) is 0 Å². The first kappa shape index (κ1) is 14.0. The van der Waals surface area contributed by atoms with Crippen molar-refractivity contribution in [2.24, 2.45) is 5.92 Å². The Balaban J connectivity index is 2.78. The van der Waals surface area contributed by atoms with Crippen molar-refractivity contribution < 1.29 is 0 Å². The van der Waals surface area contributed by atoms with Crippen LogP contribution in [0.3, 0.4) is 0 Å². The zero-order chi connectivity index (χ0) is 12.8. The van der Waals surface area contributed by atoms with Crippen LogP contribution in [0.15, 0.2) is 17.2 Å². The van der Waals surface area contributed by atoms with Crippen molar-refractivity contribution in [2.75, 3.05) is 6.54 Å². The van der Waals surface area contributed by atoms with Gasteiger partial charge in [-0.25, -0.2) is 4.79 Å². The Morgan fingerprint density at radius 3 is 2.35 bits per heavy atom. The average Bonchev–Trinajstić information content (AvgIpc) is 2.69. The molecule has 98 valence electrons. The van der Waals surface area contributed by atoms with Gasteiger partial charge in [0.25, 0.3) is 0 Å². The molecular weight excluding hydrogens is 214 g/mol. The normalized spacial score (nSPS) is 14.8. The van der Waals surface area contributed by atoms with Gasteiger partial charge in [0.2, 0.25) is 0 Å². The number of aryl methyl sites for hydroxylation is 1. The second kappa shape index (κ2) is 6.64. The predicted octanol–water partition coefficient (Wildman–Crippen LogP) is 1.69. The molecule has 1 aromatic heterocycles. The predicted molar refractivity (Wildman–Crippen MR) is 71.3 cm³/mol. The minimum atomic E-state index is 0.0960. The maximum atomic E-state index is 11.9. The molecule has 0 aromatic carbocycles. The van der Waals surface area contributed by atoms with Crippen molar-refractivity contribution in [1.29, 1.82) is 0 Å². The van der Waals surface area contributed by atoms with Gasteiger partial charge in [-0.15, -0.1) is 0 Å². The molecule has 0 fully saturated rings. The van der Waals surface area contributed by atoms with Crippen LogP contribution in [0.4, 0.5) is 0 Å². The summed E-state index contributed by atoms with van der Waals surface area (Å²) in [6.07, 6.45) is 4.88. The summed E-state index contributed by atoms with van der Waals surface area (Å²) in [5, 5.41) is 3.47. The number of nitrogens with zero attached hydrogens (tertiary/aromatic N) is 2. The quantitative estimate of drug-likeness (QED) is 0.786. The molecule has 2 unspecified atom stereocenters. The van der Waals surface area contributed by atoms with Crippen molar-refractivity contribution in [2.45, 2.75) is 53.2 Å². The van der Waals surface area contributed by atoms with E-state index in [-0.39, 0.29) is 5.69 Å². The summed E-state index contributed by atoms with van der Waals surface area (Å²) in [5.41, 5.74) is 0.0960. The fourth-order valence-corrected chi connectivity index (χ4v) is 2.04. The van der Waals surface area contributed by atoms with Crippen LogP contribution in [0.1, 0.15) is 34.1 Å². The van der Waals surface area contributed by atoms with E-state index in [2.05, 4.69) is 26.1 Å². The van der Waals surface area contributed by atoms with E-state index in [1.54, 1.807) is 4.57 Å². The first-order valence-electron chi connectivity index (χ1n) is 6.62. The first-order chi connectivity index (χ1) is 8.13. The molecule has 0 saturated carbocycles. The number of rotatable bonds is 7. The van der Waals surface area contributed by atoms with E-state index in [4.69, 9.17) is 0 Å². The van der Waals surface area contributed by atoms with E-state index in [9.17, 15) is 4.79 Å². The maximum absolute atomic E-state index is 11.9. The van der Waals surface area contributed by atoms with Crippen LogP contribution < -0.4 is 11.0 Å². The SMILES string of the molecule is CCNC(Cn1ccn(CC)c1=O)C(C)CC. The number of hydrogen-bond acceptors (Lipinski definition) is 2. The molecule has 1 N–H and O–H groups in total. The van der Waals surface area contributed by atoms with Crippen LogP contribution in [-0.4, -0.2) is 21.7 Å². The molecule has 1 heterocycles. The summed E-state index contributed by atoms with van der Waals surface area (Å²) in [6, 6.07) is 0.371. The lowest BCUT2D eigenvalue weighted by molar-refractivity contribution is 0.330. The van der Waals surface area contributed by atoms with Gasteiger partial charge in [-0.05, 0) is 19.4 Å². The summed E-state index contributed by atoms with van der Waals surface area (Å²) >= 11 is 0. The average molecular weight is 239 g/mol. The monoisotopic (exact) mass is 239 g/mol. The Morgan fingerprint density at radius 2 is 1.88 bits per heavy atom. The maximum Gasteiger partial charge on any atom is 0.328 e. The minimum Gasteiger partial charge on any atom is -0.312 e. The highest BCUT2D eigenvalue weighted by Gasteiger charge is 2.16. The van der Waals surface area contributed by atoms with Gasteiger partial charge in [0, 0.05) is 31.5 Å². The molecule has 0 radical (unpaired) electrons. The number of nitrogens with one attached hydrogen (secondary N) is 1. The van der Waals surface area contributed by atoms with E-state index < -0.39 is 0 Å². The number of hydrogen-bond donors (Lipinski definition) is 1. The van der Waals surface area contributed by atoms with Gasteiger partial charge >= 0.3 is 5.69 Å². The highest BCUT2D eigenvalue weighted by Crippen LogP contribution is 2.09. The lowest BCUT2D eigenvalue weighted by Crippen LogP contribution is -2.40. The highest BCUT2D eigenvalue weighted by molar-refractivity contribution is 4.84. The Bertz CT molecular complexity index is 380. The van der Waals surface area contributed by atoms with Crippen LogP contribution in [0.25, 0.3) is 0 Å². The Kier molecular flexibility index (Phi) is 5.48. The first-order valence-corrected chi connectivity index (χ1v) is 6.62. The molecule has 0 spiro atoms. The lowest BCUT2D eigenvalue weighted by Gasteiger charge is -2.23. The van der Waals surface area contributed by atoms with Crippen LogP contribution >= 0.6 is 0 Å². The van der Waals surface area contributed by atoms with Gasteiger partial charge in [-0.2, -0.15) is 0 Å². The molecule has 1 aromatic rings. The number of imidazole rings is 1. The molecule has 2 atom stereocenters. The molecular formula is C13H25N3O. The summed E-state index contributed by atoms with van der Waals surface area (Å²) in [7, 11) is 0. The molecule has 17 heavy (non-hydrogen) atoms. The fourth-order valence-electron chi connectivity index (χ4n) is 2.04. The largest absolute Gasteiger partial charge is 0.328 e. The smallest absolute Gasteiger partial charge is 0.312 e. The summed E-state index contributed by atoms with van der Waals surface area (Å²) in [4.78, 5) is 11.9. The van der Waals surface area contributed by atoms with Gasteiger partial charge in [-0.3, -0.25) is 9.13 Å². The summed E-state index contributed by atoms with van der Waals surface area (Å²) in [5.74, 6) is 0.576. The lowest BCUT2D eigenvalue weighted by atomic mass is 9.99. The summed E-state index contributed by atoms with van der Waals surface area (Å²) in [6.45, 7) is 11.0. The van der Waals surface area contributed by atoms with Gasteiger partial charge in [0.15, 0.2) is 0 Å². The van der Waals surface area contributed by atoms with Crippen LogP contribution in [0, 0.1) is 5.92 Å². The third-order valence-corrected chi connectivity index (χ3v) is 3.45. The van der Waals surface area contributed by atoms with Gasteiger partial charge in [0.1, 0.15) is 0 Å². The van der Waals surface area contributed by atoms with E-state index >= 15 is 0 Å². The van der Waals surface area contributed by atoms with E-state index in [0.717, 1.165) is 26.1 Å². The molecule has 0 amide bonds. The van der Waals surface area contributed by atoms with E-state index in [1.165, 1.54) is 0 Å². The van der Waals surface area contributed by atoms with Crippen molar-refractivity contribution in [3.8, 4) is 0 Å². The molecule has 0 aliphatic rings. The van der Waals surface area contributed by atoms with Crippen LogP contribution in [-0.2, 0) is 13.1 Å². The second-order valence-electron chi connectivity index (χ2n) is 4.57. The van der Waals surface area contributed by atoms with Gasteiger partial charge in [-0.1, -0.05) is 27.2 Å². The molecule has 0 bridgehead atoms.